The molecule has 0 aliphatic carbocycles. The molecule has 9 rings (SSSR count). The third-order valence-electron chi connectivity index (χ3n) is 13.3. The van der Waals surface area contributed by atoms with Gasteiger partial charge in [0.2, 0.25) is 0 Å². The average Bonchev–Trinajstić information content (AvgIpc) is 3.50. The third-order valence-corrected chi connectivity index (χ3v) is 13.3. The van der Waals surface area contributed by atoms with Gasteiger partial charge in [-0.1, -0.05) is 145 Å². The minimum absolute atomic E-state index is 0.431. The van der Waals surface area contributed by atoms with Crippen molar-refractivity contribution >= 4 is 0 Å². The maximum Gasteiger partial charge on any atom is 0.130 e. The van der Waals surface area contributed by atoms with Crippen LogP contribution in [0.5, 0.6) is 0 Å². The van der Waals surface area contributed by atoms with Crippen molar-refractivity contribution in [1.29, 1.82) is 0 Å². The molecule has 17 nitrogen and oxygen atoms in total. The van der Waals surface area contributed by atoms with Gasteiger partial charge in [0, 0.05) is 78.8 Å². The van der Waals surface area contributed by atoms with E-state index in [-0.39, 0.29) is 0 Å². The zero-order valence-electron chi connectivity index (χ0n) is 61.2. The first-order valence-corrected chi connectivity index (χ1v) is 32.7. The van der Waals surface area contributed by atoms with E-state index >= 15 is 0 Å². The molecule has 9 aromatic heterocycles. The Bertz CT molecular complexity index is 3020. The molecule has 0 radical (unpaired) electrons. The van der Waals surface area contributed by atoms with E-state index in [4.69, 9.17) is 0 Å². The molecule has 0 spiro atoms. The summed E-state index contributed by atoms with van der Waals surface area (Å²) in [6.07, 6.45) is 18.5. The molecule has 498 valence electrons. The lowest BCUT2D eigenvalue weighted by atomic mass is 10.1. The molecule has 0 saturated carbocycles. The second-order valence-electron chi connectivity index (χ2n) is 25.2. The smallest absolute Gasteiger partial charge is 0.130 e. The van der Waals surface area contributed by atoms with Gasteiger partial charge in [-0.05, 0) is 180 Å². The minimum Gasteiger partial charge on any atom is -0.264 e. The van der Waals surface area contributed by atoms with Crippen molar-refractivity contribution < 1.29 is 0 Å². The van der Waals surface area contributed by atoms with Crippen molar-refractivity contribution in [2.75, 3.05) is 0 Å². The van der Waals surface area contributed by atoms with Gasteiger partial charge in [0.1, 0.15) is 23.3 Å². The Morgan fingerprint density at radius 3 is 1.11 bits per heavy atom. The predicted molar refractivity (Wildman–Crippen MR) is 379 cm³/mol. The normalized spacial score (nSPS) is 10.4. The van der Waals surface area contributed by atoms with E-state index in [9.17, 15) is 0 Å². The molecule has 0 saturated heterocycles. The Balaban J connectivity index is 0.000000518. The highest BCUT2D eigenvalue weighted by molar-refractivity contribution is 5.15. The summed E-state index contributed by atoms with van der Waals surface area (Å²) >= 11 is 0. The molecule has 0 bridgehead atoms. The van der Waals surface area contributed by atoms with E-state index < -0.39 is 0 Å². The first kappa shape index (κ1) is 81.8. The Kier molecular flexibility index (Phi) is 40.1. The number of hydrogen-bond donors (Lipinski definition) is 0. The molecule has 0 amide bonds. The number of rotatable bonds is 11. The Morgan fingerprint density at radius 2 is 0.772 bits per heavy atom. The van der Waals surface area contributed by atoms with Gasteiger partial charge < -0.3 is 0 Å². The fraction of sp³-hybridized carbons (Fsp3) is 0.507. The zero-order chi connectivity index (χ0) is 69.5. The Labute approximate surface area is 554 Å². The van der Waals surface area contributed by atoms with Crippen LogP contribution in [0.4, 0.5) is 0 Å². The molecular weight excluding hydrogens is 1140 g/mol. The predicted octanol–water partition coefficient (Wildman–Crippen LogP) is 18.3. The molecule has 0 aliphatic heterocycles. The van der Waals surface area contributed by atoms with Gasteiger partial charge in [-0.15, -0.1) is 0 Å². The van der Waals surface area contributed by atoms with Gasteiger partial charge in [-0.25, -0.2) is 39.9 Å². The molecule has 0 unspecified atom stereocenters. The largest absolute Gasteiger partial charge is 0.264 e. The third kappa shape index (κ3) is 36.0. The van der Waals surface area contributed by atoms with Gasteiger partial charge in [0.25, 0.3) is 0 Å². The van der Waals surface area contributed by atoms with Crippen molar-refractivity contribution in [3.8, 4) is 0 Å². The molecule has 9 aromatic rings. The van der Waals surface area contributed by atoms with Gasteiger partial charge in [0.05, 0.1) is 45.6 Å². The highest BCUT2D eigenvalue weighted by atomic mass is 15.1. The lowest BCUT2D eigenvalue weighted by Gasteiger charge is -2.05. The maximum absolute atomic E-state index is 4.32. The first-order chi connectivity index (χ1) is 43.4. The Morgan fingerprint density at radius 1 is 0.293 bits per heavy atom. The fourth-order valence-electron chi connectivity index (χ4n) is 7.11. The van der Waals surface area contributed by atoms with Crippen LogP contribution in [0, 0.1) is 48.5 Å². The van der Waals surface area contributed by atoms with E-state index in [1.165, 1.54) is 11.1 Å². The van der Waals surface area contributed by atoms with E-state index in [0.29, 0.717) is 53.3 Å². The van der Waals surface area contributed by atoms with Gasteiger partial charge >= 0.3 is 0 Å². The summed E-state index contributed by atoms with van der Waals surface area (Å²) in [5.41, 5.74) is 15.3. The summed E-state index contributed by atoms with van der Waals surface area (Å²) in [5.74, 6) is 7.95. The fourth-order valence-corrected chi connectivity index (χ4v) is 7.11. The van der Waals surface area contributed by atoms with Gasteiger partial charge in [-0.3, -0.25) is 15.0 Å². The Hall–Kier alpha value is -8.21. The molecule has 92 heavy (non-hydrogen) atoms. The number of aromatic nitrogens is 17. The van der Waals surface area contributed by atoms with Gasteiger partial charge in [0.15, 0.2) is 0 Å². The van der Waals surface area contributed by atoms with Crippen molar-refractivity contribution in [2.45, 2.75) is 253 Å². The van der Waals surface area contributed by atoms with Crippen LogP contribution in [0.1, 0.15) is 294 Å². The van der Waals surface area contributed by atoms with Crippen LogP contribution in [0.3, 0.4) is 0 Å². The second kappa shape index (κ2) is 45.1. The van der Waals surface area contributed by atoms with E-state index in [1.54, 1.807) is 18.6 Å². The van der Waals surface area contributed by atoms with Crippen LogP contribution >= 0.6 is 0 Å². The summed E-state index contributed by atoms with van der Waals surface area (Å²) in [7, 11) is 0. The van der Waals surface area contributed by atoms with Crippen molar-refractivity contribution in [1.82, 2.24) is 85.4 Å². The molecule has 0 fully saturated rings. The van der Waals surface area contributed by atoms with Crippen molar-refractivity contribution in [3.63, 3.8) is 0 Å². The summed E-state index contributed by atoms with van der Waals surface area (Å²) in [4.78, 5) is 45.7. The highest BCUT2D eigenvalue weighted by Crippen LogP contribution is 2.16. The first-order valence-electron chi connectivity index (χ1n) is 32.7. The average molecular weight is 1250 g/mol. The number of hydrogen-bond acceptors (Lipinski definition) is 17. The standard InChI is InChI=1S/3C9H14N2.5C8H12N2.C8H11N/c1-6(2)9-5-7(3)10-8(4)11-9;2*1-4-8-5-6-9(7(2)3)11-10-8;1-6(2)8-4-9-7(3)10-5-8;1-6(2)8-5-9-7(3)4-10-8;1-6(2)8-9-4-7(3)5-10-8;1-6(2)8-4-5-9-7(3)10-8;1-6(2)8-5-4-7(3)9-10-8;1-7(2)8-4-3-5-9-6-8/h5-6H,1-4H3;2*5-7H,4H2,1-3H3;5*4-6H,1-3H3;3-7H,1-2H3. The molecule has 0 atom stereocenters. The minimum atomic E-state index is 0.431. The highest BCUT2D eigenvalue weighted by Gasteiger charge is 2.06. The van der Waals surface area contributed by atoms with Crippen LogP contribution in [0.2, 0.25) is 0 Å². The molecule has 9 heterocycles. The van der Waals surface area contributed by atoms with Crippen LogP contribution in [0.25, 0.3) is 0 Å². The number of pyridine rings is 1. The van der Waals surface area contributed by atoms with Crippen LogP contribution in [-0.4, -0.2) is 85.4 Å². The summed E-state index contributed by atoms with van der Waals surface area (Å²) < 4.78 is 0. The second-order valence-corrected chi connectivity index (χ2v) is 25.2. The number of aryl methyl sites for hydroxylation is 9. The number of nitrogens with zero attached hydrogens (tertiary/aromatic N) is 17. The van der Waals surface area contributed by atoms with E-state index in [0.717, 1.165) is 104 Å². The summed E-state index contributed by atoms with van der Waals surface area (Å²) in [6.45, 7) is 56.0. The van der Waals surface area contributed by atoms with Crippen molar-refractivity contribution in [2.24, 2.45) is 0 Å². The summed E-state index contributed by atoms with van der Waals surface area (Å²) in [5, 5.41) is 24.3. The van der Waals surface area contributed by atoms with E-state index in [2.05, 4.69) is 242 Å². The van der Waals surface area contributed by atoms with Crippen LogP contribution in [-0.2, 0) is 12.8 Å². The summed E-state index contributed by atoms with van der Waals surface area (Å²) in [6, 6.07) is 20.3. The lowest BCUT2D eigenvalue weighted by molar-refractivity contribution is 0.768. The topological polar surface area (TPSA) is 219 Å². The van der Waals surface area contributed by atoms with Crippen LogP contribution in [0.15, 0.2) is 116 Å². The van der Waals surface area contributed by atoms with Crippen molar-refractivity contribution in [3.05, 3.63) is 219 Å². The zero-order valence-corrected chi connectivity index (χ0v) is 61.2. The van der Waals surface area contributed by atoms with Gasteiger partial charge in [-0.2, -0.15) is 30.6 Å². The lowest BCUT2D eigenvalue weighted by Crippen LogP contribution is -1.98. The maximum atomic E-state index is 4.32. The van der Waals surface area contributed by atoms with Crippen LogP contribution < -0.4 is 0 Å². The molecule has 0 aromatic carbocycles. The monoisotopic (exact) mass is 1250 g/mol. The quantitative estimate of drug-likeness (QED) is 0.117. The SMILES string of the molecule is CC(C)c1cccnc1.CCc1ccc(C(C)C)nn1.CCc1ccc(C(C)C)nn1.Cc1cc(C(C)C)nc(C)n1.Cc1ccc(C(C)C)nn1.Cc1cnc(C(C)C)cn1.Cc1cnc(C(C)C)nc1.Cc1ncc(C(C)C)cn1.Cc1nccc(C(C)C)n1. The molecule has 17 heteroatoms. The molecule has 0 N–H and O–H groups in total. The van der Waals surface area contributed by atoms with E-state index in [1.807, 2.05) is 128 Å². The molecule has 0 aliphatic rings. The molecular formula is C75H113N17.